The number of aromatic hydroxyl groups is 1. The van der Waals surface area contributed by atoms with E-state index in [-0.39, 0.29) is 17.6 Å². The number of aliphatic imine (C=N–C) groups is 1. The van der Waals surface area contributed by atoms with Crippen LogP contribution in [0.1, 0.15) is 16.1 Å². The molecule has 1 fully saturated rings. The van der Waals surface area contributed by atoms with Crippen LogP contribution in [-0.2, 0) is 0 Å². The molecule has 0 bridgehead atoms. The highest BCUT2D eigenvalue weighted by Gasteiger charge is 2.23. The minimum atomic E-state index is -0.0242. The lowest BCUT2D eigenvalue weighted by molar-refractivity contribution is 0.0747. The molecule has 8 nitrogen and oxygen atoms in total. The van der Waals surface area contributed by atoms with Crippen LogP contribution in [0.2, 0.25) is 0 Å². The first-order chi connectivity index (χ1) is 14.9. The number of phenols is 1. The summed E-state index contributed by atoms with van der Waals surface area (Å²) < 4.78 is 0. The number of aryl methyl sites for hydroxylation is 1. The number of anilines is 1. The molecule has 9 heteroatoms. The number of hydrogen-bond acceptors (Lipinski definition) is 6. The smallest absolute Gasteiger partial charge is 0.253 e. The number of carbonyl (C=O) groups is 1. The zero-order chi connectivity index (χ0) is 22.0. The van der Waals surface area contributed by atoms with E-state index in [1.165, 1.54) is 11.3 Å². The molecule has 0 radical (unpaired) electrons. The monoisotopic (exact) mass is 436 g/mol. The van der Waals surface area contributed by atoms with Crippen LogP contribution in [0.5, 0.6) is 5.75 Å². The maximum Gasteiger partial charge on any atom is 0.253 e. The second-order valence-corrected chi connectivity index (χ2v) is 8.27. The Morgan fingerprint density at radius 2 is 1.74 bits per heavy atom. The van der Waals surface area contributed by atoms with Crippen molar-refractivity contribution in [2.75, 3.05) is 31.1 Å². The van der Waals surface area contributed by atoms with Crippen LogP contribution in [-0.4, -0.2) is 53.0 Å². The molecule has 0 spiro atoms. The van der Waals surface area contributed by atoms with Crippen LogP contribution >= 0.6 is 11.3 Å². The van der Waals surface area contributed by atoms with E-state index in [2.05, 4.69) is 14.9 Å². The third-order valence-corrected chi connectivity index (χ3v) is 6.29. The zero-order valence-corrected chi connectivity index (χ0v) is 18.0. The van der Waals surface area contributed by atoms with Crippen LogP contribution in [0.15, 0.2) is 53.5 Å². The van der Waals surface area contributed by atoms with Gasteiger partial charge in [-0.05, 0) is 36.8 Å². The molecule has 1 aromatic heterocycles. The van der Waals surface area contributed by atoms with Gasteiger partial charge in [-0.15, -0.1) is 0 Å². The van der Waals surface area contributed by atoms with Crippen molar-refractivity contribution in [3.8, 4) is 16.2 Å². The number of rotatable bonds is 4. The average molecular weight is 437 g/mol. The van der Waals surface area contributed by atoms with E-state index >= 15 is 0 Å². The summed E-state index contributed by atoms with van der Waals surface area (Å²) in [5.74, 6) is 0.244. The van der Waals surface area contributed by atoms with Crippen molar-refractivity contribution in [2.45, 2.75) is 6.92 Å². The van der Waals surface area contributed by atoms with Crippen molar-refractivity contribution in [1.29, 1.82) is 0 Å². The lowest BCUT2D eigenvalue weighted by Gasteiger charge is -2.36. The molecule has 4 rings (SSSR count). The summed E-state index contributed by atoms with van der Waals surface area (Å²) in [5, 5.41) is 10.6. The van der Waals surface area contributed by atoms with Crippen molar-refractivity contribution in [1.82, 2.24) is 9.88 Å². The van der Waals surface area contributed by atoms with E-state index in [1.54, 1.807) is 12.1 Å². The van der Waals surface area contributed by atoms with Gasteiger partial charge in [0.05, 0.1) is 16.3 Å². The van der Waals surface area contributed by atoms with Gasteiger partial charge in [0, 0.05) is 31.7 Å². The Morgan fingerprint density at radius 3 is 2.39 bits per heavy atom. The SMILES string of the molecule is Cc1nc(N=C(N)N)sc1-c1ccc(C(=O)N2CCN(c3ccccc3O)CC2)cc1. The van der Waals surface area contributed by atoms with Crippen LogP contribution in [0.4, 0.5) is 10.8 Å². The van der Waals surface area contributed by atoms with E-state index in [4.69, 9.17) is 11.5 Å². The van der Waals surface area contributed by atoms with Crippen LogP contribution in [0, 0.1) is 6.92 Å². The molecule has 1 amide bonds. The summed E-state index contributed by atoms with van der Waals surface area (Å²) >= 11 is 1.40. The highest BCUT2D eigenvalue weighted by atomic mass is 32.1. The van der Waals surface area contributed by atoms with Gasteiger partial charge in [0.25, 0.3) is 5.91 Å². The highest BCUT2D eigenvalue weighted by molar-refractivity contribution is 7.18. The maximum atomic E-state index is 13.0. The van der Waals surface area contributed by atoms with Gasteiger partial charge in [0.15, 0.2) is 5.96 Å². The molecule has 3 aromatic rings. The molecule has 1 aliphatic rings. The second kappa shape index (κ2) is 8.65. The molecule has 1 saturated heterocycles. The molecule has 160 valence electrons. The molecule has 2 heterocycles. The summed E-state index contributed by atoms with van der Waals surface area (Å²) in [7, 11) is 0. The molecular weight excluding hydrogens is 412 g/mol. The topological polar surface area (TPSA) is 121 Å². The first-order valence-electron chi connectivity index (χ1n) is 9.92. The van der Waals surface area contributed by atoms with Gasteiger partial charge in [-0.3, -0.25) is 4.79 Å². The van der Waals surface area contributed by atoms with Crippen molar-refractivity contribution < 1.29 is 9.90 Å². The molecule has 5 N–H and O–H groups in total. The molecule has 0 aliphatic carbocycles. The fraction of sp³-hybridized carbons (Fsp3) is 0.227. The molecule has 0 unspecified atom stereocenters. The lowest BCUT2D eigenvalue weighted by Crippen LogP contribution is -2.48. The van der Waals surface area contributed by atoms with Gasteiger partial charge in [0.2, 0.25) is 5.13 Å². The minimum Gasteiger partial charge on any atom is -0.506 e. The number of benzene rings is 2. The molecule has 0 saturated carbocycles. The van der Waals surface area contributed by atoms with Gasteiger partial charge < -0.3 is 26.4 Å². The third-order valence-electron chi connectivity index (χ3n) is 5.19. The number of thiazole rings is 1. The normalized spacial score (nSPS) is 13.8. The molecular formula is C22H24N6O2S. The summed E-state index contributed by atoms with van der Waals surface area (Å²) in [6.45, 7) is 4.46. The Bertz CT molecular complexity index is 1110. The Morgan fingerprint density at radius 1 is 1.06 bits per heavy atom. The van der Waals surface area contributed by atoms with E-state index in [1.807, 2.05) is 48.2 Å². The predicted molar refractivity (Wildman–Crippen MR) is 124 cm³/mol. The number of para-hydroxylation sites is 2. The number of hydrogen-bond donors (Lipinski definition) is 3. The van der Waals surface area contributed by atoms with Crippen LogP contribution in [0.25, 0.3) is 10.4 Å². The first-order valence-corrected chi connectivity index (χ1v) is 10.7. The van der Waals surface area contributed by atoms with Gasteiger partial charge in [0.1, 0.15) is 5.75 Å². The van der Waals surface area contributed by atoms with Gasteiger partial charge in [-0.2, -0.15) is 4.99 Å². The summed E-state index contributed by atoms with van der Waals surface area (Å²) in [6, 6.07) is 14.8. The Kier molecular flexibility index (Phi) is 5.77. The largest absolute Gasteiger partial charge is 0.506 e. The average Bonchev–Trinajstić information content (AvgIpc) is 3.13. The number of carbonyl (C=O) groups excluding carboxylic acids is 1. The number of nitrogens with two attached hydrogens (primary N) is 2. The summed E-state index contributed by atoms with van der Waals surface area (Å²) in [6.07, 6.45) is 0. The number of aromatic nitrogens is 1. The standard InChI is InChI=1S/C22H24N6O2S/c1-14-19(31-22(25-14)26-21(23)24)15-6-8-16(9-7-15)20(30)28-12-10-27(11-13-28)17-4-2-3-5-18(17)29/h2-9,29H,10-13H2,1H3,(H4,23,24,25,26). The fourth-order valence-corrected chi connectivity index (χ4v) is 4.60. The highest BCUT2D eigenvalue weighted by Crippen LogP contribution is 2.34. The van der Waals surface area contributed by atoms with E-state index in [0.29, 0.717) is 36.9 Å². The minimum absolute atomic E-state index is 0.00528. The summed E-state index contributed by atoms with van der Waals surface area (Å²) in [5.41, 5.74) is 14.1. The van der Waals surface area contributed by atoms with Crippen molar-refractivity contribution in [3.05, 3.63) is 59.8 Å². The molecule has 31 heavy (non-hydrogen) atoms. The quantitative estimate of drug-likeness (QED) is 0.427. The number of phenolic OH excluding ortho intramolecular Hbond substituents is 1. The predicted octanol–water partition coefficient (Wildman–Crippen LogP) is 2.69. The van der Waals surface area contributed by atoms with Gasteiger partial charge in [-0.1, -0.05) is 35.6 Å². The van der Waals surface area contributed by atoms with E-state index < -0.39 is 0 Å². The fourth-order valence-electron chi connectivity index (χ4n) is 3.64. The number of nitrogens with zero attached hydrogens (tertiary/aromatic N) is 4. The van der Waals surface area contributed by atoms with Crippen molar-refractivity contribution in [2.24, 2.45) is 16.5 Å². The first kappa shape index (κ1) is 20.7. The second-order valence-electron chi connectivity index (χ2n) is 7.29. The Labute approximate surface area is 184 Å². The van der Waals surface area contributed by atoms with Crippen LogP contribution in [0.3, 0.4) is 0 Å². The van der Waals surface area contributed by atoms with Crippen LogP contribution < -0.4 is 16.4 Å². The molecule has 2 aromatic carbocycles. The van der Waals surface area contributed by atoms with E-state index in [9.17, 15) is 9.90 Å². The third kappa shape index (κ3) is 4.46. The molecule has 1 aliphatic heterocycles. The number of guanidine groups is 1. The van der Waals surface area contributed by atoms with E-state index in [0.717, 1.165) is 21.8 Å². The Hall–Kier alpha value is -3.59. The van der Waals surface area contributed by atoms with Gasteiger partial charge in [-0.25, -0.2) is 4.98 Å². The summed E-state index contributed by atoms with van der Waals surface area (Å²) in [4.78, 5) is 26.2. The maximum absolute atomic E-state index is 13.0. The lowest BCUT2D eigenvalue weighted by atomic mass is 10.1. The molecule has 0 atom stereocenters. The van der Waals surface area contributed by atoms with Crippen molar-refractivity contribution in [3.63, 3.8) is 0 Å². The van der Waals surface area contributed by atoms with Crippen molar-refractivity contribution >= 4 is 34.0 Å². The number of amides is 1. The van der Waals surface area contributed by atoms with Gasteiger partial charge >= 0.3 is 0 Å². The number of piperazine rings is 1. The Balaban J connectivity index is 1.43. The zero-order valence-electron chi connectivity index (χ0n) is 17.2.